The summed E-state index contributed by atoms with van der Waals surface area (Å²) >= 11 is 0. The van der Waals surface area contributed by atoms with Gasteiger partial charge in [-0.05, 0) is 47.1 Å². The van der Waals surface area contributed by atoms with Crippen LogP contribution in [0.3, 0.4) is 0 Å². The highest BCUT2D eigenvalue weighted by atomic mass is 15.3. The average molecular weight is 251 g/mol. The second kappa shape index (κ2) is 5.89. The smallest absolute Gasteiger partial charge is 0.188 e. The van der Waals surface area contributed by atoms with Crippen molar-refractivity contribution in [3.05, 3.63) is 17.5 Å². The minimum atomic E-state index is -0.0384. The standard InChI is InChI=1S/C13H25N5/c1-10-9-11(2)18(17-10)8-6-7-15-12(14)16-13(3,4)5/h9H,6-8H2,1-5H3,(H3,14,15,16). The number of aryl methyl sites for hydroxylation is 3. The summed E-state index contributed by atoms with van der Waals surface area (Å²) in [6.07, 6.45) is 0.939. The lowest BCUT2D eigenvalue weighted by Gasteiger charge is -2.20. The molecule has 1 aromatic rings. The lowest BCUT2D eigenvalue weighted by Crippen LogP contribution is -2.45. The molecule has 5 nitrogen and oxygen atoms in total. The molecule has 102 valence electrons. The maximum absolute atomic E-state index is 5.79. The quantitative estimate of drug-likeness (QED) is 0.485. The topological polar surface area (TPSA) is 68.2 Å². The summed E-state index contributed by atoms with van der Waals surface area (Å²) in [7, 11) is 0. The molecule has 1 rings (SSSR count). The highest BCUT2D eigenvalue weighted by Gasteiger charge is 2.09. The molecule has 0 bridgehead atoms. The first-order valence-corrected chi connectivity index (χ1v) is 6.37. The van der Waals surface area contributed by atoms with E-state index in [1.165, 1.54) is 5.69 Å². The number of aromatic nitrogens is 2. The van der Waals surface area contributed by atoms with E-state index >= 15 is 0 Å². The number of aliphatic imine (C=N–C) groups is 1. The van der Waals surface area contributed by atoms with Crippen molar-refractivity contribution in [2.24, 2.45) is 10.7 Å². The van der Waals surface area contributed by atoms with Crippen LogP contribution in [0.15, 0.2) is 11.1 Å². The van der Waals surface area contributed by atoms with Crippen LogP contribution in [0.5, 0.6) is 0 Å². The molecule has 1 aromatic heterocycles. The third-order valence-corrected chi connectivity index (χ3v) is 2.42. The predicted molar refractivity (Wildman–Crippen MR) is 75.7 cm³/mol. The Morgan fingerprint density at radius 3 is 2.61 bits per heavy atom. The van der Waals surface area contributed by atoms with Crippen LogP contribution in [0, 0.1) is 13.8 Å². The van der Waals surface area contributed by atoms with Crippen LogP contribution in [0.2, 0.25) is 0 Å². The number of hydrogen-bond donors (Lipinski definition) is 2. The summed E-state index contributed by atoms with van der Waals surface area (Å²) in [5.41, 5.74) is 8.00. The fourth-order valence-corrected chi connectivity index (χ4v) is 1.75. The van der Waals surface area contributed by atoms with Crippen molar-refractivity contribution in [2.45, 2.75) is 53.1 Å². The summed E-state index contributed by atoms with van der Waals surface area (Å²) in [5.74, 6) is 0.510. The third kappa shape index (κ3) is 5.21. The molecule has 0 radical (unpaired) electrons. The molecule has 0 aromatic carbocycles. The molecule has 0 aliphatic carbocycles. The van der Waals surface area contributed by atoms with Crippen molar-refractivity contribution in [3.63, 3.8) is 0 Å². The van der Waals surface area contributed by atoms with Crippen LogP contribution < -0.4 is 11.1 Å². The van der Waals surface area contributed by atoms with Gasteiger partial charge >= 0.3 is 0 Å². The van der Waals surface area contributed by atoms with Gasteiger partial charge in [-0.25, -0.2) is 0 Å². The SMILES string of the molecule is Cc1cc(C)n(CCCN=C(N)NC(C)(C)C)n1. The van der Waals surface area contributed by atoms with E-state index in [9.17, 15) is 0 Å². The van der Waals surface area contributed by atoms with E-state index in [1.54, 1.807) is 0 Å². The van der Waals surface area contributed by atoms with Gasteiger partial charge in [0.1, 0.15) is 0 Å². The molecule has 0 amide bonds. The van der Waals surface area contributed by atoms with Crippen LogP contribution in [-0.4, -0.2) is 27.8 Å². The van der Waals surface area contributed by atoms with Gasteiger partial charge in [0, 0.05) is 24.3 Å². The van der Waals surface area contributed by atoms with E-state index in [-0.39, 0.29) is 5.54 Å². The van der Waals surface area contributed by atoms with Crippen molar-refractivity contribution >= 4 is 5.96 Å². The molecule has 0 spiro atoms. The summed E-state index contributed by atoms with van der Waals surface area (Å²) in [5, 5.41) is 7.55. The van der Waals surface area contributed by atoms with Gasteiger partial charge in [0.2, 0.25) is 0 Å². The minimum absolute atomic E-state index is 0.0384. The zero-order valence-electron chi connectivity index (χ0n) is 12.1. The molecule has 0 unspecified atom stereocenters. The Bertz CT molecular complexity index is 412. The molecule has 1 heterocycles. The van der Waals surface area contributed by atoms with E-state index in [4.69, 9.17) is 5.73 Å². The zero-order chi connectivity index (χ0) is 13.8. The van der Waals surface area contributed by atoms with E-state index in [1.807, 2.05) is 11.6 Å². The Balaban J connectivity index is 2.34. The number of nitrogens with one attached hydrogen (secondary N) is 1. The van der Waals surface area contributed by atoms with Gasteiger partial charge in [0.05, 0.1) is 5.69 Å². The number of nitrogens with two attached hydrogens (primary N) is 1. The van der Waals surface area contributed by atoms with Gasteiger partial charge in [-0.1, -0.05) is 0 Å². The fourth-order valence-electron chi connectivity index (χ4n) is 1.75. The van der Waals surface area contributed by atoms with Crippen molar-refractivity contribution in [1.29, 1.82) is 0 Å². The maximum Gasteiger partial charge on any atom is 0.188 e. The van der Waals surface area contributed by atoms with E-state index < -0.39 is 0 Å². The van der Waals surface area contributed by atoms with Gasteiger partial charge in [0.15, 0.2) is 5.96 Å². The predicted octanol–water partition coefficient (Wildman–Crippen LogP) is 1.59. The molecule has 0 saturated heterocycles. The fraction of sp³-hybridized carbons (Fsp3) is 0.692. The molecule has 3 N–H and O–H groups in total. The van der Waals surface area contributed by atoms with Crippen LogP contribution in [0.4, 0.5) is 0 Å². The van der Waals surface area contributed by atoms with Crippen molar-refractivity contribution in [1.82, 2.24) is 15.1 Å². The second-order valence-corrected chi connectivity index (χ2v) is 5.65. The third-order valence-electron chi connectivity index (χ3n) is 2.42. The largest absolute Gasteiger partial charge is 0.370 e. The second-order valence-electron chi connectivity index (χ2n) is 5.65. The van der Waals surface area contributed by atoms with Crippen LogP contribution in [0.1, 0.15) is 38.6 Å². The normalized spacial score (nSPS) is 12.8. The molecule has 0 saturated carbocycles. The summed E-state index contributed by atoms with van der Waals surface area (Å²) in [6, 6.07) is 2.08. The highest BCUT2D eigenvalue weighted by molar-refractivity contribution is 5.78. The van der Waals surface area contributed by atoms with Crippen LogP contribution in [-0.2, 0) is 6.54 Å². The molecule has 0 fully saturated rings. The molecule has 0 aliphatic rings. The number of guanidine groups is 1. The maximum atomic E-state index is 5.79. The summed E-state index contributed by atoms with van der Waals surface area (Å²) in [6.45, 7) is 11.9. The highest BCUT2D eigenvalue weighted by Crippen LogP contribution is 2.02. The molecule has 5 heteroatoms. The number of rotatable bonds is 4. The van der Waals surface area contributed by atoms with Gasteiger partial charge in [-0.2, -0.15) is 5.10 Å². The van der Waals surface area contributed by atoms with Crippen molar-refractivity contribution in [3.8, 4) is 0 Å². The average Bonchev–Trinajstić information content (AvgIpc) is 2.49. The molecule has 18 heavy (non-hydrogen) atoms. The van der Waals surface area contributed by atoms with E-state index in [0.29, 0.717) is 12.5 Å². The summed E-state index contributed by atoms with van der Waals surface area (Å²) in [4.78, 5) is 4.30. The van der Waals surface area contributed by atoms with Gasteiger partial charge in [-0.3, -0.25) is 9.67 Å². The van der Waals surface area contributed by atoms with Gasteiger partial charge in [0.25, 0.3) is 0 Å². The Labute approximate surface area is 109 Å². The lowest BCUT2D eigenvalue weighted by atomic mass is 10.1. The van der Waals surface area contributed by atoms with E-state index in [2.05, 4.69) is 49.2 Å². The summed E-state index contributed by atoms with van der Waals surface area (Å²) < 4.78 is 2.01. The minimum Gasteiger partial charge on any atom is -0.370 e. The van der Waals surface area contributed by atoms with Crippen molar-refractivity contribution in [2.75, 3.05) is 6.54 Å². The Kier molecular flexibility index (Phi) is 4.76. The molecular weight excluding hydrogens is 226 g/mol. The number of nitrogens with zero attached hydrogens (tertiary/aromatic N) is 3. The van der Waals surface area contributed by atoms with E-state index in [0.717, 1.165) is 18.7 Å². The first-order valence-electron chi connectivity index (χ1n) is 6.37. The Morgan fingerprint density at radius 1 is 1.44 bits per heavy atom. The zero-order valence-corrected chi connectivity index (χ0v) is 12.1. The Hall–Kier alpha value is -1.52. The Morgan fingerprint density at radius 2 is 2.11 bits per heavy atom. The van der Waals surface area contributed by atoms with Crippen molar-refractivity contribution < 1.29 is 0 Å². The lowest BCUT2D eigenvalue weighted by molar-refractivity contribution is 0.507. The first-order chi connectivity index (χ1) is 8.28. The monoisotopic (exact) mass is 251 g/mol. The molecule has 0 atom stereocenters. The molecular formula is C13H25N5. The first kappa shape index (κ1) is 14.5. The number of hydrogen-bond acceptors (Lipinski definition) is 2. The van der Waals surface area contributed by atoms with Gasteiger partial charge < -0.3 is 11.1 Å². The van der Waals surface area contributed by atoms with Crippen LogP contribution in [0.25, 0.3) is 0 Å². The van der Waals surface area contributed by atoms with Crippen LogP contribution >= 0.6 is 0 Å². The van der Waals surface area contributed by atoms with Gasteiger partial charge in [-0.15, -0.1) is 0 Å². The molecule has 0 aliphatic heterocycles.